The molecule has 0 spiro atoms. The summed E-state index contributed by atoms with van der Waals surface area (Å²) in [5, 5.41) is 4.16. The Morgan fingerprint density at radius 2 is 1.95 bits per heavy atom. The Kier molecular flexibility index (Phi) is 3.78. The highest BCUT2D eigenvalue weighted by molar-refractivity contribution is 7.89. The summed E-state index contributed by atoms with van der Waals surface area (Å²) < 4.78 is 27.1. The molecule has 0 aliphatic carbocycles. The van der Waals surface area contributed by atoms with Crippen molar-refractivity contribution in [1.82, 2.24) is 0 Å². The molecule has 1 atom stereocenters. The molecular formula is C12H14N2O5S. The normalized spacial score (nSPS) is 19.2. The molecule has 1 fully saturated rings. The first-order valence-electron chi connectivity index (χ1n) is 5.83. The van der Waals surface area contributed by atoms with Gasteiger partial charge in [0.25, 0.3) is 0 Å². The largest absolute Gasteiger partial charge is 0.465 e. The minimum absolute atomic E-state index is 0.0231. The van der Waals surface area contributed by atoms with Crippen LogP contribution in [0.4, 0.5) is 5.69 Å². The lowest BCUT2D eigenvalue weighted by Crippen LogP contribution is -2.32. The second kappa shape index (κ2) is 5.22. The topological polar surface area (TPSA) is 107 Å². The van der Waals surface area contributed by atoms with Gasteiger partial charge in [-0.2, -0.15) is 0 Å². The highest BCUT2D eigenvalue weighted by atomic mass is 32.2. The number of methoxy groups -OCH3 is 1. The van der Waals surface area contributed by atoms with Crippen molar-refractivity contribution >= 4 is 27.6 Å². The van der Waals surface area contributed by atoms with E-state index in [-0.39, 0.29) is 18.9 Å². The van der Waals surface area contributed by atoms with Crippen LogP contribution in [0, 0.1) is 0 Å². The van der Waals surface area contributed by atoms with Gasteiger partial charge in [-0.05, 0) is 24.3 Å². The summed E-state index contributed by atoms with van der Waals surface area (Å²) in [5.41, 5.74) is 0.875. The van der Waals surface area contributed by atoms with Crippen molar-refractivity contribution in [1.29, 1.82) is 0 Å². The van der Waals surface area contributed by atoms with E-state index in [0.717, 1.165) is 0 Å². The number of nitrogens with two attached hydrogens (primary N) is 1. The van der Waals surface area contributed by atoms with Crippen LogP contribution in [0.2, 0.25) is 0 Å². The molecule has 1 heterocycles. The van der Waals surface area contributed by atoms with Crippen LogP contribution in [0.5, 0.6) is 0 Å². The number of amides is 1. The maximum atomic E-state index is 11.8. The van der Waals surface area contributed by atoms with Crippen molar-refractivity contribution in [2.24, 2.45) is 5.14 Å². The number of nitrogens with zero attached hydrogens (tertiary/aromatic N) is 1. The molecule has 1 amide bonds. The number of ether oxygens (including phenoxy) is 1. The van der Waals surface area contributed by atoms with Crippen molar-refractivity contribution < 1.29 is 22.7 Å². The summed E-state index contributed by atoms with van der Waals surface area (Å²) in [7, 11) is -2.46. The Hall–Kier alpha value is -1.93. The second-order valence-corrected chi connectivity index (χ2v) is 6.30. The molecule has 8 heteroatoms. The number of carbonyl (C=O) groups is 2. The summed E-state index contributed by atoms with van der Waals surface area (Å²) in [6.45, 7) is 0.0231. The zero-order chi connectivity index (χ0) is 14.9. The van der Waals surface area contributed by atoms with Crippen molar-refractivity contribution in [3.8, 4) is 0 Å². The van der Waals surface area contributed by atoms with Gasteiger partial charge in [-0.3, -0.25) is 4.79 Å². The van der Waals surface area contributed by atoms with Crippen molar-refractivity contribution in [3.63, 3.8) is 0 Å². The molecule has 1 saturated heterocycles. The molecule has 2 N–H and O–H groups in total. The fourth-order valence-corrected chi connectivity index (χ4v) is 2.77. The predicted octanol–water partition coefficient (Wildman–Crippen LogP) is -0.133. The minimum Gasteiger partial charge on any atom is -0.465 e. The third-order valence-corrected chi connectivity index (χ3v) is 4.40. The average Bonchev–Trinajstić information content (AvgIpc) is 2.80. The van der Waals surface area contributed by atoms with Crippen LogP contribution in [-0.4, -0.2) is 39.2 Å². The molecule has 0 saturated carbocycles. The van der Waals surface area contributed by atoms with E-state index in [1.807, 2.05) is 0 Å². The lowest BCUT2D eigenvalue weighted by molar-refractivity contribution is -0.117. The molecule has 1 aliphatic rings. The van der Waals surface area contributed by atoms with E-state index in [4.69, 9.17) is 5.14 Å². The first-order chi connectivity index (χ1) is 9.32. The number of hydrogen-bond donors (Lipinski definition) is 1. The van der Waals surface area contributed by atoms with E-state index >= 15 is 0 Å². The Bertz CT molecular complexity index is 638. The number of primary sulfonamides is 1. The third-order valence-electron chi connectivity index (χ3n) is 3.15. The van der Waals surface area contributed by atoms with Crippen molar-refractivity contribution in [2.75, 3.05) is 18.6 Å². The van der Waals surface area contributed by atoms with Crippen LogP contribution in [-0.2, 0) is 19.6 Å². The molecular weight excluding hydrogens is 284 g/mol. The Balaban J connectivity index is 2.21. The molecule has 2 rings (SSSR count). The van der Waals surface area contributed by atoms with E-state index < -0.39 is 21.2 Å². The SMILES string of the molecule is COC(=O)c1ccc(N2CC(S(N)(=O)=O)CC2=O)cc1. The average molecular weight is 298 g/mol. The smallest absolute Gasteiger partial charge is 0.337 e. The number of carbonyl (C=O) groups excluding carboxylic acids is 2. The van der Waals surface area contributed by atoms with Crippen LogP contribution >= 0.6 is 0 Å². The molecule has 108 valence electrons. The van der Waals surface area contributed by atoms with Crippen LogP contribution in [0.3, 0.4) is 0 Å². The molecule has 7 nitrogen and oxygen atoms in total. The minimum atomic E-state index is -3.74. The zero-order valence-corrected chi connectivity index (χ0v) is 11.6. The summed E-state index contributed by atoms with van der Waals surface area (Å²) in [6.07, 6.45) is -0.127. The quantitative estimate of drug-likeness (QED) is 0.782. The number of hydrogen-bond acceptors (Lipinski definition) is 5. The zero-order valence-electron chi connectivity index (χ0n) is 10.8. The Labute approximate surface area is 116 Å². The second-order valence-electron chi connectivity index (χ2n) is 4.46. The third kappa shape index (κ3) is 2.81. The van der Waals surface area contributed by atoms with E-state index in [1.165, 1.54) is 24.1 Å². The number of anilines is 1. The summed E-state index contributed by atoms with van der Waals surface area (Å²) >= 11 is 0. The van der Waals surface area contributed by atoms with Gasteiger partial charge < -0.3 is 9.64 Å². The fraction of sp³-hybridized carbons (Fsp3) is 0.333. The van der Waals surface area contributed by atoms with E-state index in [9.17, 15) is 18.0 Å². The maximum absolute atomic E-state index is 11.8. The van der Waals surface area contributed by atoms with Gasteiger partial charge in [0.15, 0.2) is 0 Å². The van der Waals surface area contributed by atoms with E-state index in [2.05, 4.69) is 4.74 Å². The van der Waals surface area contributed by atoms with Gasteiger partial charge in [0, 0.05) is 18.7 Å². The summed E-state index contributed by atoms with van der Waals surface area (Å²) in [6, 6.07) is 6.16. The van der Waals surface area contributed by atoms with Crippen LogP contribution < -0.4 is 10.0 Å². The number of sulfonamides is 1. The Morgan fingerprint density at radius 1 is 1.35 bits per heavy atom. The van der Waals surface area contributed by atoms with Crippen LogP contribution in [0.25, 0.3) is 0 Å². The molecule has 1 aliphatic heterocycles. The number of benzene rings is 1. The summed E-state index contributed by atoms with van der Waals surface area (Å²) in [4.78, 5) is 24.5. The molecule has 1 aromatic carbocycles. The van der Waals surface area contributed by atoms with Gasteiger partial charge in [0.05, 0.1) is 12.7 Å². The van der Waals surface area contributed by atoms with Crippen LogP contribution in [0.15, 0.2) is 24.3 Å². The highest BCUT2D eigenvalue weighted by Crippen LogP contribution is 2.24. The van der Waals surface area contributed by atoms with Gasteiger partial charge in [-0.15, -0.1) is 0 Å². The van der Waals surface area contributed by atoms with Gasteiger partial charge in [0.2, 0.25) is 15.9 Å². The highest BCUT2D eigenvalue weighted by Gasteiger charge is 2.37. The van der Waals surface area contributed by atoms with E-state index in [0.29, 0.717) is 11.3 Å². The van der Waals surface area contributed by atoms with Gasteiger partial charge >= 0.3 is 5.97 Å². The van der Waals surface area contributed by atoms with Gasteiger partial charge in [-0.25, -0.2) is 18.4 Å². The number of esters is 1. The Morgan fingerprint density at radius 3 is 2.40 bits per heavy atom. The van der Waals surface area contributed by atoms with E-state index in [1.54, 1.807) is 12.1 Å². The van der Waals surface area contributed by atoms with Gasteiger partial charge in [0.1, 0.15) is 5.25 Å². The molecule has 1 aromatic rings. The monoisotopic (exact) mass is 298 g/mol. The lowest BCUT2D eigenvalue weighted by Gasteiger charge is -2.16. The number of rotatable bonds is 3. The van der Waals surface area contributed by atoms with Crippen LogP contribution in [0.1, 0.15) is 16.8 Å². The predicted molar refractivity (Wildman–Crippen MR) is 71.6 cm³/mol. The first-order valence-corrected chi connectivity index (χ1v) is 7.44. The molecule has 0 bridgehead atoms. The maximum Gasteiger partial charge on any atom is 0.337 e. The molecule has 0 aromatic heterocycles. The molecule has 1 unspecified atom stereocenters. The molecule has 0 radical (unpaired) electrons. The lowest BCUT2D eigenvalue weighted by atomic mass is 10.2. The fourth-order valence-electron chi connectivity index (χ4n) is 2.04. The van der Waals surface area contributed by atoms with Gasteiger partial charge in [-0.1, -0.05) is 0 Å². The molecule has 20 heavy (non-hydrogen) atoms. The van der Waals surface area contributed by atoms with Crippen molar-refractivity contribution in [3.05, 3.63) is 29.8 Å². The first kappa shape index (κ1) is 14.5. The summed E-state index contributed by atoms with van der Waals surface area (Å²) in [5.74, 6) is -0.790. The van der Waals surface area contributed by atoms with Crippen molar-refractivity contribution in [2.45, 2.75) is 11.7 Å². The standard InChI is InChI=1S/C12H14N2O5S/c1-19-12(16)8-2-4-9(5-3-8)14-7-10(6-11(14)15)20(13,17)18/h2-5,10H,6-7H2,1H3,(H2,13,17,18).